The molecule has 2 heterocycles. The van der Waals surface area contributed by atoms with Gasteiger partial charge in [0.2, 0.25) is 5.91 Å². The summed E-state index contributed by atoms with van der Waals surface area (Å²) in [6.45, 7) is 6.89. The average molecular weight is 344 g/mol. The van der Waals surface area contributed by atoms with Gasteiger partial charge >= 0.3 is 0 Å². The van der Waals surface area contributed by atoms with Crippen LogP contribution in [0.1, 0.15) is 72.1 Å². The Kier molecular flexibility index (Phi) is 4.30. The first kappa shape index (κ1) is 17.3. The molecule has 4 rings (SSSR count). The lowest BCUT2D eigenvalue weighted by Gasteiger charge is -2.66. The van der Waals surface area contributed by atoms with Gasteiger partial charge in [-0.2, -0.15) is 0 Å². The SMILES string of the molecule is CC(=O)C[C@H]1CCC2=C(NC(C)=O)C[C@@H]3C[C@H](C)C[C@@]24[C@@H]3CCCN14. The third-order valence-corrected chi connectivity index (χ3v) is 7.35. The van der Waals surface area contributed by atoms with E-state index in [2.05, 4.69) is 17.1 Å². The molecule has 4 heteroatoms. The summed E-state index contributed by atoms with van der Waals surface area (Å²) in [7, 11) is 0. The van der Waals surface area contributed by atoms with E-state index in [1.54, 1.807) is 13.8 Å². The van der Waals surface area contributed by atoms with Crippen molar-refractivity contribution in [3.8, 4) is 0 Å². The Morgan fingerprint density at radius 3 is 2.80 bits per heavy atom. The molecule has 1 spiro atoms. The van der Waals surface area contributed by atoms with Gasteiger partial charge in [-0.3, -0.25) is 14.5 Å². The fourth-order valence-corrected chi connectivity index (χ4v) is 6.94. The van der Waals surface area contributed by atoms with Crippen molar-refractivity contribution in [1.82, 2.24) is 10.2 Å². The van der Waals surface area contributed by atoms with Crippen molar-refractivity contribution in [2.45, 2.75) is 83.7 Å². The first-order valence-electron chi connectivity index (χ1n) is 10.2. The highest BCUT2D eigenvalue weighted by atomic mass is 16.1. The molecule has 2 aliphatic heterocycles. The second-order valence-corrected chi connectivity index (χ2v) is 9.11. The van der Waals surface area contributed by atoms with Crippen LogP contribution in [-0.4, -0.2) is 34.7 Å². The van der Waals surface area contributed by atoms with Crippen molar-refractivity contribution >= 4 is 11.7 Å². The van der Waals surface area contributed by atoms with Gasteiger partial charge in [-0.15, -0.1) is 0 Å². The van der Waals surface area contributed by atoms with E-state index in [0.717, 1.165) is 37.6 Å². The van der Waals surface area contributed by atoms with Gasteiger partial charge in [0.05, 0.1) is 0 Å². The lowest BCUT2D eigenvalue weighted by molar-refractivity contribution is -0.125. The summed E-state index contributed by atoms with van der Waals surface area (Å²) in [5.41, 5.74) is 2.87. The zero-order valence-electron chi connectivity index (χ0n) is 15.9. The lowest BCUT2D eigenvalue weighted by atomic mass is 9.51. The van der Waals surface area contributed by atoms with E-state index >= 15 is 0 Å². The minimum atomic E-state index is 0.0664. The highest BCUT2D eigenvalue weighted by Gasteiger charge is 2.60. The summed E-state index contributed by atoms with van der Waals surface area (Å²) >= 11 is 0. The van der Waals surface area contributed by atoms with Gasteiger partial charge in [-0.25, -0.2) is 0 Å². The summed E-state index contributed by atoms with van der Waals surface area (Å²) < 4.78 is 0. The van der Waals surface area contributed by atoms with Gasteiger partial charge in [0.1, 0.15) is 5.78 Å². The number of Topliss-reactive ketones (excluding diaryl/α,β-unsaturated/α-hetero) is 1. The van der Waals surface area contributed by atoms with Crippen molar-refractivity contribution in [3.63, 3.8) is 0 Å². The van der Waals surface area contributed by atoms with Crippen LogP contribution >= 0.6 is 0 Å². The average Bonchev–Trinajstić information content (AvgIpc) is 2.50. The maximum absolute atomic E-state index is 11.9. The molecule has 2 saturated heterocycles. The minimum absolute atomic E-state index is 0.0664. The van der Waals surface area contributed by atoms with Gasteiger partial charge in [0, 0.05) is 30.6 Å². The molecule has 2 aliphatic carbocycles. The van der Waals surface area contributed by atoms with Gasteiger partial charge in [0.15, 0.2) is 0 Å². The molecule has 0 aromatic heterocycles. The topological polar surface area (TPSA) is 49.4 Å². The van der Waals surface area contributed by atoms with Gasteiger partial charge in [-0.05, 0) is 81.7 Å². The van der Waals surface area contributed by atoms with Crippen LogP contribution in [0, 0.1) is 17.8 Å². The Bertz CT molecular complexity index is 625. The first-order chi connectivity index (χ1) is 11.9. The van der Waals surface area contributed by atoms with Crippen LogP contribution in [0.3, 0.4) is 0 Å². The second kappa shape index (κ2) is 6.22. The number of nitrogens with one attached hydrogen (secondary N) is 1. The quantitative estimate of drug-likeness (QED) is 0.853. The van der Waals surface area contributed by atoms with Crippen molar-refractivity contribution in [2.75, 3.05) is 6.54 Å². The molecule has 3 fully saturated rings. The van der Waals surface area contributed by atoms with E-state index in [0.29, 0.717) is 24.2 Å². The number of ketones is 1. The van der Waals surface area contributed by atoms with Crippen LogP contribution in [0.2, 0.25) is 0 Å². The summed E-state index contributed by atoms with van der Waals surface area (Å²) in [4.78, 5) is 26.4. The molecule has 5 atom stereocenters. The number of carbonyl (C=O) groups excluding carboxylic acids is 2. The maximum atomic E-state index is 11.9. The van der Waals surface area contributed by atoms with Crippen molar-refractivity contribution in [2.24, 2.45) is 17.8 Å². The van der Waals surface area contributed by atoms with Crippen molar-refractivity contribution in [1.29, 1.82) is 0 Å². The predicted octanol–water partition coefficient (Wildman–Crippen LogP) is 3.42. The van der Waals surface area contributed by atoms with Crippen LogP contribution in [0.5, 0.6) is 0 Å². The van der Waals surface area contributed by atoms with E-state index in [1.807, 2.05) is 0 Å². The third kappa shape index (κ3) is 2.68. The van der Waals surface area contributed by atoms with E-state index in [9.17, 15) is 9.59 Å². The molecule has 0 unspecified atom stereocenters. The second-order valence-electron chi connectivity index (χ2n) is 9.11. The van der Waals surface area contributed by atoms with Crippen LogP contribution in [-0.2, 0) is 9.59 Å². The molecule has 2 bridgehead atoms. The van der Waals surface area contributed by atoms with Crippen molar-refractivity contribution in [3.05, 3.63) is 11.3 Å². The Labute approximate surface area is 151 Å². The Hall–Kier alpha value is -1.16. The predicted molar refractivity (Wildman–Crippen MR) is 97.8 cm³/mol. The largest absolute Gasteiger partial charge is 0.330 e. The monoisotopic (exact) mass is 344 g/mol. The molecular weight excluding hydrogens is 312 g/mol. The molecule has 1 saturated carbocycles. The molecule has 1 N–H and O–H groups in total. The highest BCUT2D eigenvalue weighted by Crippen LogP contribution is 2.60. The first-order valence-corrected chi connectivity index (χ1v) is 10.2. The zero-order valence-corrected chi connectivity index (χ0v) is 15.9. The fourth-order valence-electron chi connectivity index (χ4n) is 6.94. The zero-order chi connectivity index (χ0) is 17.8. The molecule has 0 aromatic carbocycles. The number of nitrogens with zero attached hydrogens (tertiary/aromatic N) is 1. The minimum Gasteiger partial charge on any atom is -0.330 e. The Morgan fingerprint density at radius 1 is 1.28 bits per heavy atom. The number of hydrogen-bond donors (Lipinski definition) is 1. The number of amides is 1. The third-order valence-electron chi connectivity index (χ3n) is 7.35. The summed E-state index contributed by atoms with van der Waals surface area (Å²) in [5, 5.41) is 3.21. The number of piperidine rings is 2. The number of allylic oxidation sites excluding steroid dienone is 1. The summed E-state index contributed by atoms with van der Waals surface area (Å²) in [6, 6.07) is 0.395. The van der Waals surface area contributed by atoms with Gasteiger partial charge in [-0.1, -0.05) is 6.92 Å². The molecular formula is C21H32N2O2. The van der Waals surface area contributed by atoms with Gasteiger partial charge in [0.25, 0.3) is 0 Å². The molecule has 0 radical (unpaired) electrons. The normalized spacial score (nSPS) is 40.4. The number of rotatable bonds is 3. The molecule has 138 valence electrons. The molecule has 4 nitrogen and oxygen atoms in total. The van der Waals surface area contributed by atoms with E-state index in [1.165, 1.54) is 37.0 Å². The summed E-state index contributed by atoms with van der Waals surface area (Å²) in [6.07, 6.45) is 8.93. The maximum Gasteiger partial charge on any atom is 0.220 e. The van der Waals surface area contributed by atoms with Crippen molar-refractivity contribution < 1.29 is 9.59 Å². The Balaban J connectivity index is 1.81. The smallest absolute Gasteiger partial charge is 0.220 e. The summed E-state index contributed by atoms with van der Waals surface area (Å²) in [5.74, 6) is 2.52. The molecule has 1 amide bonds. The Morgan fingerprint density at radius 2 is 2.08 bits per heavy atom. The highest BCUT2D eigenvalue weighted by molar-refractivity contribution is 5.76. The lowest BCUT2D eigenvalue weighted by Crippen LogP contribution is -2.69. The fraction of sp³-hybridized carbons (Fsp3) is 0.810. The van der Waals surface area contributed by atoms with Crippen LogP contribution in [0.15, 0.2) is 11.3 Å². The van der Waals surface area contributed by atoms with E-state index < -0.39 is 0 Å². The van der Waals surface area contributed by atoms with E-state index in [-0.39, 0.29) is 11.4 Å². The molecule has 4 aliphatic rings. The molecule has 0 aromatic rings. The van der Waals surface area contributed by atoms with Crippen LogP contribution < -0.4 is 5.32 Å². The van der Waals surface area contributed by atoms with E-state index in [4.69, 9.17) is 0 Å². The van der Waals surface area contributed by atoms with Crippen LogP contribution in [0.4, 0.5) is 0 Å². The number of hydrogen-bond acceptors (Lipinski definition) is 3. The molecule has 25 heavy (non-hydrogen) atoms. The standard InChI is InChI=1S/C21H32N2O2/c1-13-9-16-11-20(22-15(3)25)19-7-6-17(10-14(2)24)23-8-4-5-18(16)21(19,23)12-13/h13,16-18H,4-12H2,1-3H3,(H,22,25)/t13-,16-,17+,18+,21+/m0/s1. The van der Waals surface area contributed by atoms with Crippen LogP contribution in [0.25, 0.3) is 0 Å². The van der Waals surface area contributed by atoms with Gasteiger partial charge < -0.3 is 5.32 Å². The number of carbonyl (C=O) groups is 2.